The van der Waals surface area contributed by atoms with Crippen LogP contribution in [0.4, 0.5) is 8.78 Å². The number of halogens is 2. The van der Waals surface area contributed by atoms with Crippen LogP contribution in [0.2, 0.25) is 0 Å². The van der Waals surface area contributed by atoms with Crippen LogP contribution in [0.25, 0.3) is 0 Å². The van der Waals surface area contributed by atoms with Crippen molar-refractivity contribution in [3.63, 3.8) is 0 Å². The Hall–Kier alpha value is -1.74. The zero-order chi connectivity index (χ0) is 15.1. The van der Waals surface area contributed by atoms with E-state index in [0.717, 1.165) is 11.1 Å². The first-order chi connectivity index (χ1) is 10.1. The molecule has 0 saturated carbocycles. The molecule has 0 radical (unpaired) electrons. The number of alkyl halides is 2. The minimum absolute atomic E-state index is 0.0752. The van der Waals surface area contributed by atoms with Gasteiger partial charge >= 0.3 is 0 Å². The Kier molecular flexibility index (Phi) is 5.45. The zero-order valence-electron chi connectivity index (χ0n) is 11.9. The second-order valence-electron chi connectivity index (χ2n) is 5.29. The van der Waals surface area contributed by atoms with Gasteiger partial charge in [-0.25, -0.2) is 8.78 Å². The molecule has 0 aliphatic rings. The summed E-state index contributed by atoms with van der Waals surface area (Å²) in [7, 11) is 0. The molecule has 1 N–H and O–H groups in total. The lowest BCUT2D eigenvalue weighted by atomic mass is 9.98. The van der Waals surface area contributed by atoms with Crippen LogP contribution in [0, 0.1) is 0 Å². The molecule has 0 aliphatic heterocycles. The van der Waals surface area contributed by atoms with Crippen LogP contribution < -0.4 is 0 Å². The summed E-state index contributed by atoms with van der Waals surface area (Å²) >= 11 is 0. The van der Waals surface area contributed by atoms with Crippen LogP contribution in [0.5, 0.6) is 0 Å². The number of aryl methyl sites for hydroxylation is 2. The van der Waals surface area contributed by atoms with Crippen molar-refractivity contribution in [2.45, 2.75) is 37.7 Å². The van der Waals surface area contributed by atoms with Gasteiger partial charge in [-0.3, -0.25) is 0 Å². The number of rotatable bonds is 7. The summed E-state index contributed by atoms with van der Waals surface area (Å²) in [6, 6.07) is 18.6. The van der Waals surface area contributed by atoms with Gasteiger partial charge in [0.1, 0.15) is 6.10 Å². The summed E-state index contributed by atoms with van der Waals surface area (Å²) in [5, 5.41) is 9.77. The topological polar surface area (TPSA) is 20.2 Å². The molecule has 0 bridgehead atoms. The monoisotopic (exact) mass is 290 g/mol. The Morgan fingerprint density at radius 1 is 0.810 bits per heavy atom. The number of aliphatic hydroxyl groups is 1. The van der Waals surface area contributed by atoms with E-state index in [1.54, 1.807) is 0 Å². The molecule has 0 aromatic heterocycles. The fraction of sp³-hybridized carbons (Fsp3) is 0.333. The van der Waals surface area contributed by atoms with E-state index in [-0.39, 0.29) is 19.3 Å². The van der Waals surface area contributed by atoms with Gasteiger partial charge in [0.25, 0.3) is 5.92 Å². The Morgan fingerprint density at radius 3 is 1.81 bits per heavy atom. The SMILES string of the molecule is OC(CCc1ccccc1)C(F)(F)CCc1ccccc1. The highest BCUT2D eigenvalue weighted by atomic mass is 19.3. The van der Waals surface area contributed by atoms with Crippen molar-refractivity contribution >= 4 is 0 Å². The molecule has 0 aliphatic carbocycles. The largest absolute Gasteiger partial charge is 0.387 e. The Bertz CT molecular complexity index is 525. The molecule has 1 atom stereocenters. The van der Waals surface area contributed by atoms with Gasteiger partial charge in [-0.05, 0) is 30.4 Å². The van der Waals surface area contributed by atoms with Crippen molar-refractivity contribution < 1.29 is 13.9 Å². The quantitative estimate of drug-likeness (QED) is 0.808. The predicted octanol–water partition coefficient (Wildman–Crippen LogP) is 4.25. The smallest absolute Gasteiger partial charge is 0.273 e. The molecule has 0 amide bonds. The van der Waals surface area contributed by atoms with E-state index in [4.69, 9.17) is 0 Å². The Morgan fingerprint density at radius 2 is 1.29 bits per heavy atom. The minimum atomic E-state index is -3.05. The standard InChI is InChI=1S/C18H20F2O/c19-18(20,14-13-16-9-5-2-6-10-16)17(21)12-11-15-7-3-1-4-8-15/h1-10,17,21H,11-14H2. The van der Waals surface area contributed by atoms with Crippen LogP contribution in [0.3, 0.4) is 0 Å². The van der Waals surface area contributed by atoms with Gasteiger partial charge in [0.2, 0.25) is 0 Å². The Labute approximate surface area is 124 Å². The third-order valence-electron chi connectivity index (χ3n) is 3.63. The molecule has 0 spiro atoms. The van der Waals surface area contributed by atoms with Crippen LogP contribution in [-0.4, -0.2) is 17.1 Å². The van der Waals surface area contributed by atoms with Crippen molar-refractivity contribution in [2.75, 3.05) is 0 Å². The van der Waals surface area contributed by atoms with E-state index in [9.17, 15) is 13.9 Å². The van der Waals surface area contributed by atoms with E-state index in [2.05, 4.69) is 0 Å². The van der Waals surface area contributed by atoms with E-state index >= 15 is 0 Å². The molecule has 1 unspecified atom stereocenters. The fourth-order valence-corrected chi connectivity index (χ4v) is 2.28. The number of aliphatic hydroxyl groups excluding tert-OH is 1. The maximum atomic E-state index is 14.0. The van der Waals surface area contributed by atoms with E-state index < -0.39 is 12.0 Å². The maximum absolute atomic E-state index is 14.0. The molecular formula is C18H20F2O. The first kappa shape index (κ1) is 15.6. The molecule has 112 valence electrons. The van der Waals surface area contributed by atoms with Gasteiger partial charge in [-0.15, -0.1) is 0 Å². The second kappa shape index (κ2) is 7.32. The van der Waals surface area contributed by atoms with Gasteiger partial charge < -0.3 is 5.11 Å². The van der Waals surface area contributed by atoms with Crippen molar-refractivity contribution in [1.82, 2.24) is 0 Å². The summed E-state index contributed by atoms with van der Waals surface area (Å²) in [6.45, 7) is 0. The molecule has 0 saturated heterocycles. The van der Waals surface area contributed by atoms with Crippen LogP contribution in [0.1, 0.15) is 24.0 Å². The summed E-state index contributed by atoms with van der Waals surface area (Å²) in [5.41, 5.74) is 1.84. The average Bonchev–Trinajstić information content (AvgIpc) is 2.52. The van der Waals surface area contributed by atoms with Crippen LogP contribution >= 0.6 is 0 Å². The van der Waals surface area contributed by atoms with Crippen LogP contribution in [0.15, 0.2) is 60.7 Å². The summed E-state index contributed by atoms with van der Waals surface area (Å²) < 4.78 is 27.9. The zero-order valence-corrected chi connectivity index (χ0v) is 11.9. The molecule has 2 aromatic rings. The molecule has 2 rings (SSSR count). The van der Waals surface area contributed by atoms with E-state index in [1.807, 2.05) is 60.7 Å². The molecule has 0 heterocycles. The first-order valence-electron chi connectivity index (χ1n) is 7.22. The van der Waals surface area contributed by atoms with Crippen LogP contribution in [-0.2, 0) is 12.8 Å². The molecule has 2 aromatic carbocycles. The normalized spacial score (nSPS) is 13.1. The Balaban J connectivity index is 1.83. The fourth-order valence-electron chi connectivity index (χ4n) is 2.28. The molecule has 3 heteroatoms. The number of hydrogen-bond acceptors (Lipinski definition) is 1. The minimum Gasteiger partial charge on any atom is -0.387 e. The van der Waals surface area contributed by atoms with Crippen molar-refractivity contribution in [1.29, 1.82) is 0 Å². The lowest BCUT2D eigenvalue weighted by Crippen LogP contribution is -2.34. The van der Waals surface area contributed by atoms with Gasteiger partial charge in [0.15, 0.2) is 0 Å². The maximum Gasteiger partial charge on any atom is 0.273 e. The van der Waals surface area contributed by atoms with Gasteiger partial charge in [-0.1, -0.05) is 60.7 Å². The molecule has 1 nitrogen and oxygen atoms in total. The average molecular weight is 290 g/mol. The summed E-state index contributed by atoms with van der Waals surface area (Å²) in [4.78, 5) is 0. The third-order valence-corrected chi connectivity index (χ3v) is 3.63. The lowest BCUT2D eigenvalue weighted by Gasteiger charge is -2.22. The predicted molar refractivity (Wildman–Crippen MR) is 80.5 cm³/mol. The van der Waals surface area contributed by atoms with E-state index in [1.165, 1.54) is 0 Å². The van der Waals surface area contributed by atoms with Gasteiger partial charge in [0, 0.05) is 6.42 Å². The first-order valence-corrected chi connectivity index (χ1v) is 7.22. The van der Waals surface area contributed by atoms with Crippen molar-refractivity contribution in [3.05, 3.63) is 71.8 Å². The molecule has 21 heavy (non-hydrogen) atoms. The van der Waals surface area contributed by atoms with E-state index in [0.29, 0.717) is 6.42 Å². The number of benzene rings is 2. The van der Waals surface area contributed by atoms with Gasteiger partial charge in [-0.2, -0.15) is 0 Å². The van der Waals surface area contributed by atoms with Crippen molar-refractivity contribution in [2.24, 2.45) is 0 Å². The number of hydrogen-bond donors (Lipinski definition) is 1. The summed E-state index contributed by atoms with van der Waals surface area (Å²) in [6.07, 6.45) is -1.11. The second-order valence-corrected chi connectivity index (χ2v) is 5.29. The highest BCUT2D eigenvalue weighted by Crippen LogP contribution is 2.28. The summed E-state index contributed by atoms with van der Waals surface area (Å²) in [5.74, 6) is -3.05. The highest BCUT2D eigenvalue weighted by molar-refractivity contribution is 5.16. The third kappa shape index (κ3) is 4.94. The lowest BCUT2D eigenvalue weighted by molar-refractivity contribution is -0.115. The van der Waals surface area contributed by atoms with Gasteiger partial charge in [0.05, 0.1) is 0 Å². The highest BCUT2D eigenvalue weighted by Gasteiger charge is 2.37. The molecular weight excluding hydrogens is 270 g/mol. The molecule has 0 fully saturated rings. The van der Waals surface area contributed by atoms with Crippen molar-refractivity contribution in [3.8, 4) is 0 Å².